The second-order valence-electron chi connectivity index (χ2n) is 5.36. The van der Waals surface area contributed by atoms with Crippen molar-refractivity contribution in [1.29, 1.82) is 0 Å². The average molecular weight is 233 g/mol. The fourth-order valence-electron chi connectivity index (χ4n) is 2.76. The van der Waals surface area contributed by atoms with Gasteiger partial charge in [-0.15, -0.1) is 0 Å². The highest BCUT2D eigenvalue weighted by molar-refractivity contribution is 5.34. The molecule has 1 heterocycles. The summed E-state index contributed by atoms with van der Waals surface area (Å²) in [6, 6.07) is 6.53. The Hall–Kier alpha value is -0.860. The highest BCUT2D eigenvalue weighted by Gasteiger charge is 2.32. The lowest BCUT2D eigenvalue weighted by atomic mass is 9.74. The molecule has 0 aliphatic carbocycles. The van der Waals surface area contributed by atoms with Gasteiger partial charge in [-0.05, 0) is 61.8 Å². The summed E-state index contributed by atoms with van der Waals surface area (Å²) in [7, 11) is 0. The third kappa shape index (κ3) is 2.70. The molecular formula is C15H23NO. The number of ether oxygens (including phenoxy) is 1. The zero-order chi connectivity index (χ0) is 12.3. The molecule has 2 nitrogen and oxygen atoms in total. The summed E-state index contributed by atoms with van der Waals surface area (Å²) >= 11 is 0. The fourth-order valence-corrected chi connectivity index (χ4v) is 2.76. The molecule has 1 saturated heterocycles. The maximum absolute atomic E-state index is 6.03. The third-order valence-electron chi connectivity index (χ3n) is 4.18. The molecule has 0 amide bonds. The number of rotatable bonds is 3. The van der Waals surface area contributed by atoms with Crippen molar-refractivity contribution in [3.63, 3.8) is 0 Å². The molecule has 1 aliphatic rings. The van der Waals surface area contributed by atoms with E-state index in [0.29, 0.717) is 0 Å². The summed E-state index contributed by atoms with van der Waals surface area (Å²) in [4.78, 5) is 0. The van der Waals surface area contributed by atoms with Crippen LogP contribution < -0.4 is 5.73 Å². The Balaban J connectivity index is 2.23. The van der Waals surface area contributed by atoms with Gasteiger partial charge in [0, 0.05) is 13.2 Å². The molecule has 0 saturated carbocycles. The van der Waals surface area contributed by atoms with E-state index in [2.05, 4.69) is 32.0 Å². The molecular weight excluding hydrogens is 210 g/mol. The van der Waals surface area contributed by atoms with Crippen molar-refractivity contribution in [3.05, 3.63) is 34.9 Å². The van der Waals surface area contributed by atoms with Gasteiger partial charge < -0.3 is 10.5 Å². The predicted molar refractivity (Wildman–Crippen MR) is 71.2 cm³/mol. The lowest BCUT2D eigenvalue weighted by molar-refractivity contribution is 0.0190. The van der Waals surface area contributed by atoms with Crippen LogP contribution in [0, 0.1) is 19.3 Å². The van der Waals surface area contributed by atoms with Crippen molar-refractivity contribution in [1.82, 2.24) is 0 Å². The Kier molecular flexibility index (Phi) is 3.85. The molecule has 1 aromatic rings. The highest BCUT2D eigenvalue weighted by atomic mass is 16.5. The van der Waals surface area contributed by atoms with Crippen LogP contribution >= 0.6 is 0 Å². The van der Waals surface area contributed by atoms with E-state index in [-0.39, 0.29) is 5.41 Å². The van der Waals surface area contributed by atoms with Crippen LogP contribution in [0.4, 0.5) is 0 Å². The van der Waals surface area contributed by atoms with E-state index in [0.717, 1.165) is 39.0 Å². The number of benzene rings is 1. The number of hydrogen-bond donors (Lipinski definition) is 1. The van der Waals surface area contributed by atoms with E-state index in [1.807, 2.05) is 0 Å². The molecule has 2 rings (SSSR count). The van der Waals surface area contributed by atoms with Crippen molar-refractivity contribution < 1.29 is 4.74 Å². The van der Waals surface area contributed by atoms with Gasteiger partial charge in [0.2, 0.25) is 0 Å². The lowest BCUT2D eigenvalue weighted by Gasteiger charge is -2.37. The summed E-state index contributed by atoms with van der Waals surface area (Å²) in [6.07, 6.45) is 3.29. The molecule has 1 aliphatic heterocycles. The van der Waals surface area contributed by atoms with E-state index in [1.54, 1.807) is 0 Å². The molecule has 0 unspecified atom stereocenters. The predicted octanol–water partition coefficient (Wildman–Crippen LogP) is 2.60. The number of aryl methyl sites for hydroxylation is 2. The first-order chi connectivity index (χ1) is 8.17. The Morgan fingerprint density at radius 3 is 2.29 bits per heavy atom. The van der Waals surface area contributed by atoms with Gasteiger partial charge in [0.25, 0.3) is 0 Å². The standard InChI is InChI=1S/C15H23NO/c1-12-4-3-5-13(2)14(12)10-15(11-16)6-8-17-9-7-15/h3-5H,6-11,16H2,1-2H3. The molecule has 2 N–H and O–H groups in total. The van der Waals surface area contributed by atoms with Crippen LogP contribution in [0.15, 0.2) is 18.2 Å². The molecule has 17 heavy (non-hydrogen) atoms. The molecule has 2 heteroatoms. The van der Waals surface area contributed by atoms with Crippen LogP contribution in [0.2, 0.25) is 0 Å². The van der Waals surface area contributed by atoms with Crippen LogP contribution in [-0.4, -0.2) is 19.8 Å². The molecule has 0 aromatic heterocycles. The van der Waals surface area contributed by atoms with Gasteiger partial charge in [0.1, 0.15) is 0 Å². The summed E-state index contributed by atoms with van der Waals surface area (Å²) < 4.78 is 5.47. The highest BCUT2D eigenvalue weighted by Crippen LogP contribution is 2.34. The Morgan fingerprint density at radius 1 is 1.18 bits per heavy atom. The second-order valence-corrected chi connectivity index (χ2v) is 5.36. The van der Waals surface area contributed by atoms with Crippen LogP contribution in [0.3, 0.4) is 0 Å². The SMILES string of the molecule is Cc1cccc(C)c1CC1(CN)CCOCC1. The first-order valence-electron chi connectivity index (χ1n) is 6.50. The quantitative estimate of drug-likeness (QED) is 0.871. The van der Waals surface area contributed by atoms with Gasteiger partial charge in [-0.25, -0.2) is 0 Å². The van der Waals surface area contributed by atoms with E-state index in [4.69, 9.17) is 10.5 Å². The minimum Gasteiger partial charge on any atom is -0.381 e. The van der Waals surface area contributed by atoms with Gasteiger partial charge in [0.05, 0.1) is 0 Å². The van der Waals surface area contributed by atoms with E-state index < -0.39 is 0 Å². The van der Waals surface area contributed by atoms with Gasteiger partial charge in [-0.3, -0.25) is 0 Å². The molecule has 1 aromatic carbocycles. The average Bonchev–Trinajstić information content (AvgIpc) is 2.35. The number of nitrogens with two attached hydrogens (primary N) is 1. The molecule has 0 radical (unpaired) electrons. The maximum atomic E-state index is 6.03. The van der Waals surface area contributed by atoms with Crippen LogP contribution in [0.25, 0.3) is 0 Å². The summed E-state index contributed by atoms with van der Waals surface area (Å²) in [5, 5.41) is 0. The first kappa shape index (κ1) is 12.6. The van der Waals surface area contributed by atoms with Gasteiger partial charge in [-0.2, -0.15) is 0 Å². The minimum atomic E-state index is 0.259. The zero-order valence-corrected chi connectivity index (χ0v) is 11.0. The van der Waals surface area contributed by atoms with E-state index >= 15 is 0 Å². The van der Waals surface area contributed by atoms with Crippen molar-refractivity contribution in [2.45, 2.75) is 33.1 Å². The summed E-state index contributed by atoms with van der Waals surface area (Å²) in [5.41, 5.74) is 10.6. The van der Waals surface area contributed by atoms with Crippen molar-refractivity contribution in [3.8, 4) is 0 Å². The third-order valence-corrected chi connectivity index (χ3v) is 4.18. The fraction of sp³-hybridized carbons (Fsp3) is 0.600. The largest absolute Gasteiger partial charge is 0.381 e. The van der Waals surface area contributed by atoms with E-state index in [9.17, 15) is 0 Å². The van der Waals surface area contributed by atoms with E-state index in [1.165, 1.54) is 16.7 Å². The Bertz CT molecular complexity index is 360. The molecule has 0 atom stereocenters. The normalized spacial score (nSPS) is 19.2. The molecule has 94 valence electrons. The van der Waals surface area contributed by atoms with Gasteiger partial charge in [-0.1, -0.05) is 18.2 Å². The number of hydrogen-bond acceptors (Lipinski definition) is 2. The topological polar surface area (TPSA) is 35.2 Å². The summed E-state index contributed by atoms with van der Waals surface area (Å²) in [6.45, 7) is 6.89. The van der Waals surface area contributed by atoms with Gasteiger partial charge >= 0.3 is 0 Å². The molecule has 0 bridgehead atoms. The van der Waals surface area contributed by atoms with Crippen molar-refractivity contribution >= 4 is 0 Å². The van der Waals surface area contributed by atoms with Crippen LogP contribution in [0.5, 0.6) is 0 Å². The van der Waals surface area contributed by atoms with Gasteiger partial charge in [0.15, 0.2) is 0 Å². The maximum Gasteiger partial charge on any atom is 0.0471 e. The smallest absolute Gasteiger partial charge is 0.0471 e. The second kappa shape index (κ2) is 5.19. The monoisotopic (exact) mass is 233 g/mol. The molecule has 1 fully saturated rings. The van der Waals surface area contributed by atoms with Crippen molar-refractivity contribution in [2.24, 2.45) is 11.1 Å². The van der Waals surface area contributed by atoms with Crippen LogP contribution in [-0.2, 0) is 11.2 Å². The lowest BCUT2D eigenvalue weighted by Crippen LogP contribution is -2.38. The Labute approximate surface area is 104 Å². The summed E-state index contributed by atoms with van der Waals surface area (Å²) in [5.74, 6) is 0. The molecule has 0 spiro atoms. The van der Waals surface area contributed by atoms with Crippen molar-refractivity contribution in [2.75, 3.05) is 19.8 Å². The Morgan fingerprint density at radius 2 is 1.76 bits per heavy atom. The van der Waals surface area contributed by atoms with Crippen LogP contribution in [0.1, 0.15) is 29.5 Å². The zero-order valence-electron chi connectivity index (χ0n) is 11.0. The first-order valence-corrected chi connectivity index (χ1v) is 6.50. The minimum absolute atomic E-state index is 0.259.